The van der Waals surface area contributed by atoms with Gasteiger partial charge in [-0.25, -0.2) is 9.78 Å². The summed E-state index contributed by atoms with van der Waals surface area (Å²) in [5.41, 5.74) is 5.57. The number of carboxylic acid groups (broad SMARTS) is 1. The molecule has 4 rings (SSSR count). The van der Waals surface area contributed by atoms with Crippen LogP contribution in [0.15, 0.2) is 77.8 Å². The van der Waals surface area contributed by atoms with Crippen molar-refractivity contribution in [3.8, 4) is 11.3 Å². The Morgan fingerprint density at radius 3 is 2.44 bits per heavy atom. The minimum atomic E-state index is -5.08. The lowest BCUT2D eigenvalue weighted by atomic mass is 10.1. The largest absolute Gasteiger partial charge is 0.490 e. The number of fused-ring (bicyclic) bond motifs is 1. The van der Waals surface area contributed by atoms with E-state index in [1.54, 1.807) is 0 Å². The highest BCUT2D eigenvalue weighted by Crippen LogP contribution is 2.33. The van der Waals surface area contributed by atoms with Crippen molar-refractivity contribution in [1.29, 1.82) is 0 Å². The summed E-state index contributed by atoms with van der Waals surface area (Å²) in [5.74, 6) is -1.72. The molecular formula is C27H28F3N3O2S. The second-order valence-electron chi connectivity index (χ2n) is 8.25. The molecule has 9 heteroatoms. The number of alkyl halides is 3. The summed E-state index contributed by atoms with van der Waals surface area (Å²) >= 11 is 1.92. The van der Waals surface area contributed by atoms with Gasteiger partial charge in [-0.05, 0) is 42.7 Å². The zero-order valence-corrected chi connectivity index (χ0v) is 21.0. The Bertz CT molecular complexity index is 1310. The maximum Gasteiger partial charge on any atom is 0.490 e. The maximum atomic E-state index is 10.6. The molecule has 1 unspecified atom stereocenters. The Morgan fingerprint density at radius 1 is 1.11 bits per heavy atom. The van der Waals surface area contributed by atoms with Crippen molar-refractivity contribution in [1.82, 2.24) is 9.38 Å². The van der Waals surface area contributed by atoms with Crippen LogP contribution in [0.1, 0.15) is 31.4 Å². The van der Waals surface area contributed by atoms with Crippen LogP contribution in [0.2, 0.25) is 0 Å². The first-order valence-electron chi connectivity index (χ1n) is 11.4. The molecular weight excluding hydrogens is 487 g/mol. The van der Waals surface area contributed by atoms with Crippen molar-refractivity contribution >= 4 is 29.2 Å². The molecule has 0 aliphatic rings. The number of halogens is 3. The van der Waals surface area contributed by atoms with Crippen LogP contribution in [-0.2, 0) is 11.3 Å². The highest BCUT2D eigenvalue weighted by Gasteiger charge is 2.38. The molecule has 4 aromatic rings. The van der Waals surface area contributed by atoms with Crippen molar-refractivity contribution in [3.05, 3.63) is 84.1 Å². The van der Waals surface area contributed by atoms with E-state index < -0.39 is 12.1 Å². The lowest BCUT2D eigenvalue weighted by Gasteiger charge is -2.11. The highest BCUT2D eigenvalue weighted by atomic mass is 32.2. The van der Waals surface area contributed by atoms with Gasteiger partial charge in [-0.2, -0.15) is 13.2 Å². The van der Waals surface area contributed by atoms with Gasteiger partial charge in [-0.3, -0.25) is 4.40 Å². The Balaban J connectivity index is 0.000000454. The van der Waals surface area contributed by atoms with Gasteiger partial charge < -0.3 is 10.4 Å². The van der Waals surface area contributed by atoms with E-state index in [0.29, 0.717) is 5.25 Å². The van der Waals surface area contributed by atoms with Crippen LogP contribution in [0, 0.1) is 6.92 Å². The first kappa shape index (κ1) is 27.1. The van der Waals surface area contributed by atoms with E-state index >= 15 is 0 Å². The number of nitrogens with one attached hydrogen (secondary N) is 1. The minimum absolute atomic E-state index is 0.602. The van der Waals surface area contributed by atoms with E-state index in [9.17, 15) is 13.2 Å². The van der Waals surface area contributed by atoms with E-state index in [1.165, 1.54) is 16.0 Å². The van der Waals surface area contributed by atoms with Gasteiger partial charge in [0.1, 0.15) is 17.2 Å². The Morgan fingerprint density at radius 2 is 1.81 bits per heavy atom. The van der Waals surface area contributed by atoms with Crippen LogP contribution < -0.4 is 5.32 Å². The van der Waals surface area contributed by atoms with Crippen LogP contribution in [-0.4, -0.2) is 31.9 Å². The van der Waals surface area contributed by atoms with Crippen LogP contribution in [0.3, 0.4) is 0 Å². The van der Waals surface area contributed by atoms with Crippen molar-refractivity contribution in [3.63, 3.8) is 0 Å². The topological polar surface area (TPSA) is 66.6 Å². The zero-order valence-electron chi connectivity index (χ0n) is 20.2. The Labute approximate surface area is 212 Å². The quantitative estimate of drug-likeness (QED) is 0.250. The number of pyridine rings is 1. The molecule has 0 spiro atoms. The first-order valence-corrected chi connectivity index (χ1v) is 12.3. The molecule has 2 aromatic heterocycles. The smallest absolute Gasteiger partial charge is 0.475 e. The number of anilines is 1. The van der Waals surface area contributed by atoms with Crippen molar-refractivity contribution in [2.45, 2.75) is 50.1 Å². The molecule has 0 aliphatic heterocycles. The number of hydrogen-bond donors (Lipinski definition) is 2. The number of aliphatic carboxylic acids is 1. The molecule has 0 amide bonds. The van der Waals surface area contributed by atoms with E-state index in [-0.39, 0.29) is 0 Å². The lowest BCUT2D eigenvalue weighted by molar-refractivity contribution is -0.192. The van der Waals surface area contributed by atoms with Crippen molar-refractivity contribution < 1.29 is 23.1 Å². The van der Waals surface area contributed by atoms with E-state index in [4.69, 9.17) is 14.9 Å². The normalized spacial score (nSPS) is 12.1. The number of thioether (sulfide) groups is 1. The number of benzene rings is 2. The minimum Gasteiger partial charge on any atom is -0.475 e. The third kappa shape index (κ3) is 7.27. The summed E-state index contributed by atoms with van der Waals surface area (Å²) in [6, 6.07) is 23.4. The monoisotopic (exact) mass is 515 g/mol. The molecule has 2 N–H and O–H groups in total. The summed E-state index contributed by atoms with van der Waals surface area (Å²) in [6.07, 6.45) is -1.77. The number of carboxylic acids is 1. The van der Waals surface area contributed by atoms with Crippen LogP contribution in [0.5, 0.6) is 0 Å². The van der Waals surface area contributed by atoms with Gasteiger partial charge in [0.25, 0.3) is 0 Å². The molecule has 0 saturated heterocycles. The lowest BCUT2D eigenvalue weighted by Crippen LogP contribution is -2.21. The number of aromatic nitrogens is 2. The number of aryl methyl sites for hydroxylation is 1. The molecule has 0 saturated carbocycles. The van der Waals surface area contributed by atoms with Gasteiger partial charge in [0.15, 0.2) is 0 Å². The third-order valence-corrected chi connectivity index (χ3v) is 6.59. The third-order valence-electron chi connectivity index (χ3n) is 5.33. The molecule has 5 nitrogen and oxygen atoms in total. The Hall–Kier alpha value is -3.46. The van der Waals surface area contributed by atoms with Crippen molar-refractivity contribution in [2.75, 3.05) is 5.32 Å². The molecule has 0 radical (unpaired) electrons. The number of carbonyl (C=O) groups is 1. The summed E-state index contributed by atoms with van der Waals surface area (Å²) in [6.45, 7) is 7.38. The fraction of sp³-hybridized carbons (Fsp3) is 0.259. The first-order chi connectivity index (χ1) is 17.1. The molecule has 1 atom stereocenters. The van der Waals surface area contributed by atoms with Crippen LogP contribution >= 0.6 is 11.8 Å². The number of hydrogen-bond acceptors (Lipinski definition) is 4. The summed E-state index contributed by atoms with van der Waals surface area (Å²) < 4.78 is 33.9. The molecule has 36 heavy (non-hydrogen) atoms. The van der Waals surface area contributed by atoms with Gasteiger partial charge >= 0.3 is 12.1 Å². The number of rotatable bonds is 7. The molecule has 2 aromatic carbocycles. The average molecular weight is 516 g/mol. The van der Waals surface area contributed by atoms with Crippen LogP contribution in [0.4, 0.5) is 19.0 Å². The SMILES string of the molecule is CCC(C)Sc1cccc(-c2nc3ccc(C)cn3c2NCc2ccccc2)c1.O=C(O)C(F)(F)F. The Kier molecular flexibility index (Phi) is 9.03. The van der Waals surface area contributed by atoms with Crippen molar-refractivity contribution in [2.24, 2.45) is 0 Å². The molecule has 0 fully saturated rings. The van der Waals surface area contributed by atoms with E-state index in [0.717, 1.165) is 35.7 Å². The van der Waals surface area contributed by atoms with Gasteiger partial charge in [-0.1, -0.05) is 62.4 Å². The standard InChI is InChI=1S/C25H27N3S.C2HF3O2/c1-4-19(3)29-22-12-8-11-21(15-22)24-25(26-16-20-9-6-5-7-10-20)28-17-18(2)13-14-23(28)27-24;3-2(4,5)1(6)7/h5-15,17,19,26H,4,16H2,1-3H3;(H,6,7). The number of imidazole rings is 1. The van der Waals surface area contributed by atoms with E-state index in [1.807, 2.05) is 17.8 Å². The summed E-state index contributed by atoms with van der Waals surface area (Å²) in [7, 11) is 0. The molecule has 2 heterocycles. The second-order valence-corrected chi connectivity index (χ2v) is 9.76. The maximum absolute atomic E-state index is 10.6. The van der Waals surface area contributed by atoms with E-state index in [2.05, 4.69) is 97.3 Å². The molecule has 190 valence electrons. The molecule has 0 bridgehead atoms. The summed E-state index contributed by atoms with van der Waals surface area (Å²) in [5, 5.41) is 11.4. The van der Waals surface area contributed by atoms with Gasteiger partial charge in [-0.15, -0.1) is 11.8 Å². The van der Waals surface area contributed by atoms with Crippen LogP contribution in [0.25, 0.3) is 16.9 Å². The summed E-state index contributed by atoms with van der Waals surface area (Å²) in [4.78, 5) is 15.2. The zero-order chi connectivity index (χ0) is 26.3. The predicted molar refractivity (Wildman–Crippen MR) is 138 cm³/mol. The predicted octanol–water partition coefficient (Wildman–Crippen LogP) is 7.45. The van der Waals surface area contributed by atoms with Gasteiger partial charge in [0.2, 0.25) is 0 Å². The number of nitrogens with zero attached hydrogens (tertiary/aromatic N) is 2. The average Bonchev–Trinajstić information content (AvgIpc) is 3.21. The fourth-order valence-electron chi connectivity index (χ4n) is 3.34. The second kappa shape index (κ2) is 12.0. The fourth-order valence-corrected chi connectivity index (χ4v) is 4.32. The van der Waals surface area contributed by atoms with Gasteiger partial charge in [0, 0.05) is 28.5 Å². The van der Waals surface area contributed by atoms with Gasteiger partial charge in [0.05, 0.1) is 0 Å². The highest BCUT2D eigenvalue weighted by molar-refractivity contribution is 7.99. The molecule has 0 aliphatic carbocycles.